The average molecular weight is 223 g/mol. The van der Waals surface area contributed by atoms with Crippen molar-refractivity contribution in [2.45, 2.75) is 6.92 Å². The smallest absolute Gasteiger partial charge is 0.338 e. The van der Waals surface area contributed by atoms with Crippen molar-refractivity contribution in [1.29, 1.82) is 0 Å². The average Bonchev–Trinajstić information content (AvgIpc) is 2.24. The van der Waals surface area contributed by atoms with Gasteiger partial charge in [-0.3, -0.25) is 0 Å². The number of anilines is 1. The number of carboxylic acids is 1. The van der Waals surface area contributed by atoms with Gasteiger partial charge in [-0.2, -0.15) is 0 Å². The maximum absolute atomic E-state index is 11.0. The van der Waals surface area contributed by atoms with Crippen LogP contribution in [0.15, 0.2) is 12.1 Å². The molecule has 0 aliphatic rings. The van der Waals surface area contributed by atoms with Gasteiger partial charge in [-0.25, -0.2) is 4.79 Å². The Morgan fingerprint density at radius 1 is 1.56 bits per heavy atom. The number of methoxy groups -OCH3 is 1. The van der Waals surface area contributed by atoms with E-state index in [2.05, 4.69) is 5.32 Å². The van der Waals surface area contributed by atoms with Crippen LogP contribution in [0.1, 0.15) is 15.9 Å². The van der Waals surface area contributed by atoms with Crippen LogP contribution in [0.4, 0.5) is 5.69 Å². The second-order valence-electron chi connectivity index (χ2n) is 3.22. The highest BCUT2D eigenvalue weighted by Gasteiger charge is 2.14. The molecule has 1 aromatic carbocycles. The molecule has 1 rings (SSSR count). The second-order valence-corrected chi connectivity index (χ2v) is 3.22. The number of aryl methyl sites for hydroxylation is 1. The van der Waals surface area contributed by atoms with Crippen LogP contribution in [0.25, 0.3) is 0 Å². The fraction of sp³-hybridized carbons (Fsp3) is 0.273. The lowest BCUT2D eigenvalue weighted by Crippen LogP contribution is -2.10. The third kappa shape index (κ3) is 2.50. The molecule has 0 amide bonds. The summed E-state index contributed by atoms with van der Waals surface area (Å²) in [6, 6.07) is 3.19. The third-order valence-electron chi connectivity index (χ3n) is 2.13. The predicted molar refractivity (Wildman–Crippen MR) is 59.2 cm³/mol. The van der Waals surface area contributed by atoms with E-state index in [4.69, 9.17) is 9.84 Å². The zero-order chi connectivity index (χ0) is 12.1. The van der Waals surface area contributed by atoms with E-state index in [1.54, 1.807) is 19.1 Å². The fourth-order valence-electron chi connectivity index (χ4n) is 1.45. The number of aldehydes is 1. The molecule has 0 saturated carbocycles. The maximum atomic E-state index is 11.0. The number of nitrogens with one attached hydrogen (secondary N) is 1. The van der Waals surface area contributed by atoms with E-state index in [0.717, 1.165) is 0 Å². The van der Waals surface area contributed by atoms with E-state index < -0.39 is 5.97 Å². The standard InChI is InChI=1S/C11H13NO4/c1-7-5-8(16-2)6-9(12-3-4-13)10(7)11(14)15/h4-6,12H,3H2,1-2H3,(H,14,15). The van der Waals surface area contributed by atoms with Crippen LogP contribution < -0.4 is 10.1 Å². The lowest BCUT2D eigenvalue weighted by Gasteiger charge is -2.12. The first kappa shape index (κ1) is 12.0. The Labute approximate surface area is 93.0 Å². The van der Waals surface area contributed by atoms with Crippen molar-refractivity contribution in [3.05, 3.63) is 23.3 Å². The number of aromatic carboxylic acids is 1. The number of benzene rings is 1. The Morgan fingerprint density at radius 2 is 2.25 bits per heavy atom. The molecular formula is C11H13NO4. The van der Waals surface area contributed by atoms with E-state index >= 15 is 0 Å². The van der Waals surface area contributed by atoms with Gasteiger partial charge in [0.15, 0.2) is 0 Å². The number of carbonyl (C=O) groups is 2. The highest BCUT2D eigenvalue weighted by Crippen LogP contribution is 2.26. The zero-order valence-electron chi connectivity index (χ0n) is 9.11. The van der Waals surface area contributed by atoms with Crippen molar-refractivity contribution in [2.24, 2.45) is 0 Å². The molecule has 0 fully saturated rings. The molecular weight excluding hydrogens is 210 g/mol. The van der Waals surface area contributed by atoms with Crippen LogP contribution in [-0.2, 0) is 4.79 Å². The molecule has 5 heteroatoms. The zero-order valence-corrected chi connectivity index (χ0v) is 9.11. The van der Waals surface area contributed by atoms with E-state index in [1.807, 2.05) is 0 Å². The highest BCUT2D eigenvalue weighted by molar-refractivity contribution is 5.96. The predicted octanol–water partition coefficient (Wildman–Crippen LogP) is 1.31. The largest absolute Gasteiger partial charge is 0.497 e. The number of hydrogen-bond acceptors (Lipinski definition) is 4. The summed E-state index contributed by atoms with van der Waals surface area (Å²) in [7, 11) is 1.50. The molecule has 86 valence electrons. The van der Waals surface area contributed by atoms with Gasteiger partial charge in [-0.1, -0.05) is 0 Å². The molecule has 0 unspecified atom stereocenters. The van der Waals surface area contributed by atoms with E-state index in [-0.39, 0.29) is 12.1 Å². The summed E-state index contributed by atoms with van der Waals surface area (Å²) in [6.45, 7) is 1.74. The SMILES string of the molecule is COc1cc(C)c(C(=O)O)c(NCC=O)c1. The van der Waals surface area contributed by atoms with Gasteiger partial charge in [-0.05, 0) is 18.6 Å². The van der Waals surface area contributed by atoms with Gasteiger partial charge in [-0.15, -0.1) is 0 Å². The van der Waals surface area contributed by atoms with E-state index in [0.29, 0.717) is 23.3 Å². The summed E-state index contributed by atoms with van der Waals surface area (Å²) in [5.41, 5.74) is 1.12. The normalized spacial score (nSPS) is 9.62. The summed E-state index contributed by atoms with van der Waals surface area (Å²) in [4.78, 5) is 21.3. The summed E-state index contributed by atoms with van der Waals surface area (Å²) < 4.78 is 5.03. The lowest BCUT2D eigenvalue weighted by atomic mass is 10.1. The molecule has 2 N–H and O–H groups in total. The quantitative estimate of drug-likeness (QED) is 0.736. The number of carboxylic acid groups (broad SMARTS) is 1. The molecule has 0 heterocycles. The monoisotopic (exact) mass is 223 g/mol. The van der Waals surface area contributed by atoms with Crippen LogP contribution in [0, 0.1) is 6.92 Å². The Bertz CT molecular complexity index is 415. The van der Waals surface area contributed by atoms with Crippen molar-refractivity contribution in [1.82, 2.24) is 0 Å². The van der Waals surface area contributed by atoms with Gasteiger partial charge < -0.3 is 20.0 Å². The Balaban J connectivity index is 3.22. The first-order chi connectivity index (χ1) is 7.60. The maximum Gasteiger partial charge on any atom is 0.338 e. The third-order valence-corrected chi connectivity index (χ3v) is 2.13. The molecule has 0 spiro atoms. The number of carbonyl (C=O) groups excluding carboxylic acids is 1. The molecule has 5 nitrogen and oxygen atoms in total. The minimum Gasteiger partial charge on any atom is -0.497 e. The molecule has 0 bridgehead atoms. The van der Waals surface area contributed by atoms with E-state index in [1.165, 1.54) is 7.11 Å². The number of rotatable bonds is 5. The number of ether oxygens (including phenoxy) is 1. The Morgan fingerprint density at radius 3 is 2.75 bits per heavy atom. The minimum atomic E-state index is -1.03. The molecule has 0 aliphatic heterocycles. The minimum absolute atomic E-state index is 0.0624. The summed E-state index contributed by atoms with van der Waals surface area (Å²) in [5.74, 6) is -0.482. The molecule has 0 aromatic heterocycles. The van der Waals surface area contributed by atoms with Crippen LogP contribution in [-0.4, -0.2) is 31.0 Å². The Hall–Kier alpha value is -2.04. The molecule has 16 heavy (non-hydrogen) atoms. The first-order valence-electron chi connectivity index (χ1n) is 4.69. The highest BCUT2D eigenvalue weighted by atomic mass is 16.5. The second kappa shape index (κ2) is 5.16. The van der Waals surface area contributed by atoms with Crippen molar-refractivity contribution >= 4 is 17.9 Å². The van der Waals surface area contributed by atoms with Crippen LogP contribution in [0.2, 0.25) is 0 Å². The van der Waals surface area contributed by atoms with Crippen molar-refractivity contribution in [3.63, 3.8) is 0 Å². The molecule has 1 aromatic rings. The van der Waals surface area contributed by atoms with Crippen LogP contribution in [0.5, 0.6) is 5.75 Å². The molecule has 0 radical (unpaired) electrons. The first-order valence-corrected chi connectivity index (χ1v) is 4.69. The fourth-order valence-corrected chi connectivity index (χ4v) is 1.45. The van der Waals surface area contributed by atoms with E-state index in [9.17, 15) is 9.59 Å². The van der Waals surface area contributed by atoms with Crippen molar-refractivity contribution in [3.8, 4) is 5.75 Å². The summed E-state index contributed by atoms with van der Waals surface area (Å²) in [6.07, 6.45) is 0.667. The van der Waals surface area contributed by atoms with Crippen molar-refractivity contribution in [2.75, 3.05) is 19.0 Å². The Kier molecular flexibility index (Phi) is 3.88. The van der Waals surface area contributed by atoms with Crippen molar-refractivity contribution < 1.29 is 19.4 Å². The lowest BCUT2D eigenvalue weighted by molar-refractivity contribution is -0.106. The topological polar surface area (TPSA) is 75.6 Å². The van der Waals surface area contributed by atoms with Gasteiger partial charge in [0.05, 0.1) is 24.9 Å². The molecule has 0 saturated heterocycles. The summed E-state index contributed by atoms with van der Waals surface area (Å²) >= 11 is 0. The summed E-state index contributed by atoms with van der Waals surface area (Å²) in [5, 5.41) is 11.8. The van der Waals surface area contributed by atoms with Gasteiger partial charge in [0.1, 0.15) is 12.0 Å². The van der Waals surface area contributed by atoms with Crippen LogP contribution in [0.3, 0.4) is 0 Å². The van der Waals surface area contributed by atoms with Gasteiger partial charge >= 0.3 is 5.97 Å². The molecule has 0 aliphatic carbocycles. The van der Waals surface area contributed by atoms with Gasteiger partial charge in [0, 0.05) is 6.07 Å². The van der Waals surface area contributed by atoms with Gasteiger partial charge in [0.2, 0.25) is 0 Å². The van der Waals surface area contributed by atoms with Gasteiger partial charge in [0.25, 0.3) is 0 Å². The van der Waals surface area contributed by atoms with Crippen LogP contribution >= 0.6 is 0 Å². The number of hydrogen-bond donors (Lipinski definition) is 2. The molecule has 0 atom stereocenters.